The summed E-state index contributed by atoms with van der Waals surface area (Å²) in [5.74, 6) is -1.15. The monoisotopic (exact) mass is 440 g/mol. The van der Waals surface area contributed by atoms with Gasteiger partial charge < -0.3 is 13.7 Å². The van der Waals surface area contributed by atoms with Crippen molar-refractivity contribution in [3.8, 4) is 22.6 Å². The molecule has 0 saturated heterocycles. The van der Waals surface area contributed by atoms with Crippen LogP contribution in [0.1, 0.15) is 10.4 Å². The predicted octanol–water partition coefficient (Wildman–Crippen LogP) is 4.53. The molecule has 0 radical (unpaired) electrons. The number of fused-ring (bicyclic) bond motifs is 1. The summed E-state index contributed by atoms with van der Waals surface area (Å²) >= 11 is 0. The van der Waals surface area contributed by atoms with Crippen molar-refractivity contribution in [1.82, 2.24) is 0 Å². The lowest BCUT2D eigenvalue weighted by Gasteiger charge is -2.14. The molecule has 158 valence electrons. The number of benzene rings is 3. The number of halogens is 3. The van der Waals surface area contributed by atoms with Crippen molar-refractivity contribution < 1.29 is 40.0 Å². The summed E-state index contributed by atoms with van der Waals surface area (Å²) in [6.07, 6.45) is 0. The highest BCUT2D eigenvalue weighted by Crippen LogP contribution is 2.34. The van der Waals surface area contributed by atoms with E-state index in [9.17, 15) is 26.4 Å². The Hall–Kier alpha value is -3.27. The maximum absolute atomic E-state index is 12.7. The average Bonchev–Trinajstić information content (AvgIpc) is 2.71. The summed E-state index contributed by atoms with van der Waals surface area (Å²) < 4.78 is 74.8. The summed E-state index contributed by atoms with van der Waals surface area (Å²) in [4.78, 5) is 12.0. The lowest BCUT2D eigenvalue weighted by Crippen LogP contribution is -2.28. The van der Waals surface area contributed by atoms with Crippen LogP contribution in [0.3, 0.4) is 0 Å². The highest BCUT2D eigenvalue weighted by atomic mass is 32.2. The van der Waals surface area contributed by atoms with Gasteiger partial charge in [0.05, 0.1) is 14.2 Å². The number of hydrogen-bond acceptors (Lipinski definition) is 6. The molecule has 0 aliphatic carbocycles. The van der Waals surface area contributed by atoms with Crippen LogP contribution in [0.15, 0.2) is 54.6 Å². The third kappa shape index (κ3) is 4.18. The number of ether oxygens (including phenoxy) is 2. The number of methoxy groups -OCH3 is 2. The van der Waals surface area contributed by atoms with E-state index in [2.05, 4.69) is 8.92 Å². The Labute approximate surface area is 169 Å². The highest BCUT2D eigenvalue weighted by Gasteiger charge is 2.49. The average molecular weight is 440 g/mol. The smallest absolute Gasteiger partial charge is 0.497 e. The van der Waals surface area contributed by atoms with Crippen molar-refractivity contribution in [2.75, 3.05) is 14.2 Å². The van der Waals surface area contributed by atoms with Gasteiger partial charge in [0.2, 0.25) is 0 Å². The molecule has 0 aromatic heterocycles. The minimum Gasteiger partial charge on any atom is -0.497 e. The van der Waals surface area contributed by atoms with Gasteiger partial charge in [-0.15, -0.1) is 0 Å². The third-order valence-electron chi connectivity index (χ3n) is 4.25. The van der Waals surface area contributed by atoms with Gasteiger partial charge >= 0.3 is 21.6 Å². The second-order valence-electron chi connectivity index (χ2n) is 6.11. The van der Waals surface area contributed by atoms with Gasteiger partial charge in [-0.25, -0.2) is 4.79 Å². The molecule has 6 nitrogen and oxygen atoms in total. The van der Waals surface area contributed by atoms with Crippen LogP contribution in [0.5, 0.6) is 11.5 Å². The molecule has 0 saturated carbocycles. The van der Waals surface area contributed by atoms with Gasteiger partial charge in [0.25, 0.3) is 0 Å². The van der Waals surface area contributed by atoms with E-state index < -0.39 is 32.9 Å². The number of esters is 1. The summed E-state index contributed by atoms with van der Waals surface area (Å²) in [6, 6.07) is 14.4. The first-order valence-electron chi connectivity index (χ1n) is 8.37. The van der Waals surface area contributed by atoms with Gasteiger partial charge in [0, 0.05) is 0 Å². The van der Waals surface area contributed by atoms with Gasteiger partial charge in [-0.2, -0.15) is 21.6 Å². The Bertz CT molecular complexity index is 1200. The van der Waals surface area contributed by atoms with E-state index in [4.69, 9.17) is 4.74 Å². The lowest BCUT2D eigenvalue weighted by atomic mass is 9.99. The number of carbonyl (C=O) groups excluding carboxylic acids is 1. The van der Waals surface area contributed by atoms with Crippen LogP contribution in [0.25, 0.3) is 21.9 Å². The van der Waals surface area contributed by atoms with E-state index in [0.717, 1.165) is 24.3 Å². The Morgan fingerprint density at radius 3 is 2.07 bits per heavy atom. The largest absolute Gasteiger partial charge is 0.534 e. The van der Waals surface area contributed by atoms with Crippen molar-refractivity contribution >= 4 is 26.9 Å². The number of hydrogen-bond donors (Lipinski definition) is 0. The van der Waals surface area contributed by atoms with Crippen LogP contribution in [0.4, 0.5) is 13.2 Å². The van der Waals surface area contributed by atoms with Crippen molar-refractivity contribution in [2.24, 2.45) is 0 Å². The molecule has 10 heteroatoms. The first-order chi connectivity index (χ1) is 14.1. The molecule has 0 heterocycles. The maximum atomic E-state index is 12.7. The van der Waals surface area contributed by atoms with Crippen LogP contribution < -0.4 is 8.92 Å². The molecule has 0 amide bonds. The minimum absolute atomic E-state index is 0.368. The Morgan fingerprint density at radius 2 is 1.50 bits per heavy atom. The summed E-state index contributed by atoms with van der Waals surface area (Å²) in [6.45, 7) is 0. The Balaban J connectivity index is 2.12. The van der Waals surface area contributed by atoms with Crippen LogP contribution in [-0.4, -0.2) is 34.1 Å². The lowest BCUT2D eigenvalue weighted by molar-refractivity contribution is -0.0500. The van der Waals surface area contributed by atoms with Crippen molar-refractivity contribution in [3.63, 3.8) is 0 Å². The normalized spacial score (nSPS) is 11.9. The number of alkyl halides is 3. The molecule has 0 aliphatic heterocycles. The second-order valence-corrected chi connectivity index (χ2v) is 7.65. The zero-order valence-electron chi connectivity index (χ0n) is 15.7. The van der Waals surface area contributed by atoms with E-state index >= 15 is 0 Å². The zero-order valence-corrected chi connectivity index (χ0v) is 16.5. The minimum atomic E-state index is -5.96. The standard InChI is InChI=1S/C20H15F3O6S/c1-27-16-7-5-12(6-8-16)13-3-4-14-11-18(29-30(25,26)20(21,22)23)17(19(24)28-2)10-15(14)9-13/h3-11H,1-2H3. The van der Waals surface area contributed by atoms with Gasteiger partial charge in [-0.05, 0) is 52.2 Å². The second kappa shape index (κ2) is 7.86. The fourth-order valence-electron chi connectivity index (χ4n) is 2.74. The molecule has 0 bridgehead atoms. The van der Waals surface area contributed by atoms with Crippen molar-refractivity contribution in [1.29, 1.82) is 0 Å². The molecular formula is C20H15F3O6S. The number of rotatable bonds is 5. The predicted molar refractivity (Wildman–Crippen MR) is 103 cm³/mol. The van der Waals surface area contributed by atoms with Crippen LogP contribution in [-0.2, 0) is 14.9 Å². The molecule has 3 rings (SSSR count). The first-order valence-corrected chi connectivity index (χ1v) is 9.78. The summed E-state index contributed by atoms with van der Waals surface area (Å²) in [5.41, 5.74) is -4.51. The van der Waals surface area contributed by atoms with Crippen LogP contribution in [0.2, 0.25) is 0 Å². The molecule has 0 aliphatic rings. The molecule has 0 fully saturated rings. The Kier molecular flexibility index (Phi) is 5.62. The van der Waals surface area contributed by atoms with E-state index in [1.54, 1.807) is 30.3 Å². The van der Waals surface area contributed by atoms with Crippen LogP contribution >= 0.6 is 0 Å². The van der Waals surface area contributed by atoms with E-state index in [1.807, 2.05) is 12.1 Å². The quantitative estimate of drug-likeness (QED) is 0.330. The SMILES string of the molecule is COC(=O)c1cc2cc(-c3ccc(OC)cc3)ccc2cc1OS(=O)(=O)C(F)(F)F. The molecule has 3 aromatic carbocycles. The topological polar surface area (TPSA) is 78.9 Å². The fourth-order valence-corrected chi connectivity index (χ4v) is 3.21. The molecule has 0 spiro atoms. The third-order valence-corrected chi connectivity index (χ3v) is 5.22. The van der Waals surface area contributed by atoms with Gasteiger partial charge in [-0.3, -0.25) is 0 Å². The molecule has 0 atom stereocenters. The molecular weight excluding hydrogens is 425 g/mol. The van der Waals surface area contributed by atoms with E-state index in [1.165, 1.54) is 13.2 Å². The van der Waals surface area contributed by atoms with E-state index in [0.29, 0.717) is 16.5 Å². The summed E-state index contributed by atoms with van der Waals surface area (Å²) in [5, 5.41) is 0.841. The van der Waals surface area contributed by atoms with Gasteiger partial charge in [-0.1, -0.05) is 24.3 Å². The van der Waals surface area contributed by atoms with Crippen LogP contribution in [0, 0.1) is 0 Å². The number of carbonyl (C=O) groups is 1. The molecule has 0 unspecified atom stereocenters. The van der Waals surface area contributed by atoms with Crippen molar-refractivity contribution in [3.05, 3.63) is 60.2 Å². The molecule has 3 aromatic rings. The molecule has 0 N–H and O–H groups in total. The summed E-state index contributed by atoms with van der Waals surface area (Å²) in [7, 11) is -3.41. The van der Waals surface area contributed by atoms with Crippen molar-refractivity contribution in [2.45, 2.75) is 5.51 Å². The zero-order chi connectivity index (χ0) is 22.1. The fraction of sp³-hybridized carbons (Fsp3) is 0.150. The first kappa shape index (κ1) is 21.4. The maximum Gasteiger partial charge on any atom is 0.534 e. The van der Waals surface area contributed by atoms with Gasteiger partial charge in [0.15, 0.2) is 5.75 Å². The Morgan fingerprint density at radius 1 is 0.867 bits per heavy atom. The van der Waals surface area contributed by atoms with E-state index in [-0.39, 0.29) is 0 Å². The molecule has 30 heavy (non-hydrogen) atoms. The van der Waals surface area contributed by atoms with Gasteiger partial charge in [0.1, 0.15) is 11.3 Å². The highest BCUT2D eigenvalue weighted by molar-refractivity contribution is 7.88.